The zero-order valence-electron chi connectivity index (χ0n) is 12.5. The number of hydrogen-bond donors (Lipinski definition) is 0. The van der Waals surface area contributed by atoms with E-state index in [-0.39, 0.29) is 5.97 Å². The zero-order chi connectivity index (χ0) is 15.0. The summed E-state index contributed by atoms with van der Waals surface area (Å²) in [5.41, 5.74) is 6.43. The fourth-order valence-corrected chi connectivity index (χ4v) is 3.01. The number of esters is 1. The Kier molecular flexibility index (Phi) is 3.42. The van der Waals surface area contributed by atoms with Crippen molar-refractivity contribution in [1.82, 2.24) is 0 Å². The maximum absolute atomic E-state index is 11.8. The van der Waals surface area contributed by atoms with Gasteiger partial charge >= 0.3 is 5.97 Å². The molecule has 0 amide bonds. The smallest absolute Gasteiger partial charge is 0.337 e. The molecule has 3 nitrogen and oxygen atoms in total. The molecule has 0 saturated heterocycles. The Morgan fingerprint density at radius 3 is 2.76 bits per heavy atom. The van der Waals surface area contributed by atoms with E-state index in [2.05, 4.69) is 26.0 Å². The minimum atomic E-state index is -0.326. The van der Waals surface area contributed by atoms with Crippen LogP contribution in [0, 0.1) is 13.8 Å². The Labute approximate surface area is 124 Å². The van der Waals surface area contributed by atoms with Crippen LogP contribution in [0.25, 0.3) is 11.1 Å². The van der Waals surface area contributed by atoms with Crippen molar-refractivity contribution in [2.24, 2.45) is 0 Å². The molecule has 0 unspecified atom stereocenters. The van der Waals surface area contributed by atoms with E-state index >= 15 is 0 Å². The zero-order valence-corrected chi connectivity index (χ0v) is 12.5. The largest absolute Gasteiger partial charge is 0.493 e. The molecule has 21 heavy (non-hydrogen) atoms. The van der Waals surface area contributed by atoms with E-state index < -0.39 is 0 Å². The molecule has 0 aromatic heterocycles. The quantitative estimate of drug-likeness (QED) is 0.748. The molecule has 0 saturated carbocycles. The lowest BCUT2D eigenvalue weighted by Crippen LogP contribution is -2.02. The van der Waals surface area contributed by atoms with Gasteiger partial charge in [0.05, 0.1) is 19.3 Å². The van der Waals surface area contributed by atoms with E-state index in [9.17, 15) is 4.79 Å². The van der Waals surface area contributed by atoms with E-state index in [0.717, 1.165) is 17.7 Å². The Bertz CT molecular complexity index is 717. The highest BCUT2D eigenvalue weighted by Gasteiger charge is 2.19. The van der Waals surface area contributed by atoms with Crippen molar-refractivity contribution in [2.75, 3.05) is 13.7 Å². The summed E-state index contributed by atoms with van der Waals surface area (Å²) in [5.74, 6) is 0.502. The molecular formula is C18H18O3. The number of benzene rings is 2. The summed E-state index contributed by atoms with van der Waals surface area (Å²) in [5, 5.41) is 0. The lowest BCUT2D eigenvalue weighted by molar-refractivity contribution is 0.0601. The summed E-state index contributed by atoms with van der Waals surface area (Å²) >= 11 is 0. The molecule has 0 aliphatic carbocycles. The molecular weight excluding hydrogens is 264 g/mol. The second kappa shape index (κ2) is 5.24. The number of carbonyl (C=O) groups excluding carboxylic acids is 1. The van der Waals surface area contributed by atoms with Gasteiger partial charge in [-0.1, -0.05) is 17.7 Å². The first-order valence-electron chi connectivity index (χ1n) is 7.06. The first kappa shape index (κ1) is 13.7. The molecule has 0 atom stereocenters. The van der Waals surface area contributed by atoms with Crippen LogP contribution in [0.4, 0.5) is 0 Å². The third-order valence-corrected chi connectivity index (χ3v) is 3.86. The Morgan fingerprint density at radius 1 is 1.19 bits per heavy atom. The van der Waals surface area contributed by atoms with E-state index in [4.69, 9.17) is 9.47 Å². The monoisotopic (exact) mass is 282 g/mol. The van der Waals surface area contributed by atoms with Crippen LogP contribution in [-0.2, 0) is 11.2 Å². The van der Waals surface area contributed by atoms with Gasteiger partial charge < -0.3 is 9.47 Å². The van der Waals surface area contributed by atoms with Crippen LogP contribution in [0.5, 0.6) is 5.75 Å². The van der Waals surface area contributed by atoms with Crippen molar-refractivity contribution < 1.29 is 14.3 Å². The predicted octanol–water partition coefficient (Wildman–Crippen LogP) is 3.69. The van der Waals surface area contributed by atoms with Crippen LogP contribution in [0.15, 0.2) is 30.3 Å². The molecule has 2 aromatic rings. The van der Waals surface area contributed by atoms with Gasteiger partial charge in [0.2, 0.25) is 0 Å². The second-order valence-corrected chi connectivity index (χ2v) is 5.42. The number of carbonyl (C=O) groups is 1. The van der Waals surface area contributed by atoms with E-state index in [1.807, 2.05) is 12.1 Å². The number of ether oxygens (including phenoxy) is 2. The maximum atomic E-state index is 11.8. The third kappa shape index (κ3) is 2.40. The van der Waals surface area contributed by atoms with Crippen molar-refractivity contribution in [2.45, 2.75) is 20.3 Å². The average Bonchev–Trinajstić information content (AvgIpc) is 2.64. The van der Waals surface area contributed by atoms with Gasteiger partial charge in [-0.2, -0.15) is 0 Å². The van der Waals surface area contributed by atoms with Gasteiger partial charge in [-0.25, -0.2) is 4.79 Å². The van der Waals surface area contributed by atoms with Gasteiger partial charge in [-0.3, -0.25) is 0 Å². The van der Waals surface area contributed by atoms with Crippen molar-refractivity contribution in [3.05, 3.63) is 52.6 Å². The van der Waals surface area contributed by atoms with Gasteiger partial charge in [0.1, 0.15) is 5.75 Å². The van der Waals surface area contributed by atoms with Crippen molar-refractivity contribution in [1.29, 1.82) is 0 Å². The van der Waals surface area contributed by atoms with Crippen LogP contribution in [-0.4, -0.2) is 19.7 Å². The molecule has 108 valence electrons. The molecule has 1 aliphatic heterocycles. The van der Waals surface area contributed by atoms with Gasteiger partial charge in [0, 0.05) is 12.0 Å². The van der Waals surface area contributed by atoms with Crippen LogP contribution < -0.4 is 4.74 Å². The van der Waals surface area contributed by atoms with Crippen LogP contribution >= 0.6 is 0 Å². The van der Waals surface area contributed by atoms with E-state index in [0.29, 0.717) is 12.2 Å². The molecule has 0 bridgehead atoms. The molecule has 1 heterocycles. The SMILES string of the molecule is COC(=O)c1ccc2c(c1)-c1c(C)cc(C)cc1CCO2. The minimum Gasteiger partial charge on any atom is -0.493 e. The number of hydrogen-bond acceptors (Lipinski definition) is 3. The highest BCUT2D eigenvalue weighted by molar-refractivity contribution is 5.92. The topological polar surface area (TPSA) is 35.5 Å². The van der Waals surface area contributed by atoms with Crippen molar-refractivity contribution in [3.63, 3.8) is 0 Å². The minimum absolute atomic E-state index is 0.326. The number of methoxy groups -OCH3 is 1. The first-order valence-corrected chi connectivity index (χ1v) is 7.06. The summed E-state index contributed by atoms with van der Waals surface area (Å²) in [4.78, 5) is 11.8. The molecule has 1 aliphatic rings. The third-order valence-electron chi connectivity index (χ3n) is 3.86. The predicted molar refractivity (Wildman–Crippen MR) is 81.9 cm³/mol. The normalized spacial score (nSPS) is 12.7. The molecule has 2 aromatic carbocycles. The van der Waals surface area contributed by atoms with Crippen LogP contribution in [0.2, 0.25) is 0 Å². The van der Waals surface area contributed by atoms with Gasteiger partial charge in [-0.15, -0.1) is 0 Å². The molecule has 0 radical (unpaired) electrons. The first-order chi connectivity index (χ1) is 10.1. The summed E-state index contributed by atoms with van der Waals surface area (Å²) < 4.78 is 10.7. The standard InChI is InChI=1S/C18H18O3/c1-11-8-12(2)17-13(9-11)6-7-21-16-5-4-14(10-15(16)17)18(19)20-3/h4-5,8-10H,6-7H2,1-3H3. The Hall–Kier alpha value is -2.29. The van der Waals surface area contributed by atoms with Crippen molar-refractivity contribution in [3.8, 4) is 16.9 Å². The summed E-state index contributed by atoms with van der Waals surface area (Å²) in [7, 11) is 1.40. The number of aryl methyl sites for hydroxylation is 2. The summed E-state index contributed by atoms with van der Waals surface area (Å²) in [6.45, 7) is 4.86. The average molecular weight is 282 g/mol. The highest BCUT2D eigenvalue weighted by Crippen LogP contribution is 2.38. The summed E-state index contributed by atoms with van der Waals surface area (Å²) in [6, 6.07) is 9.84. The van der Waals surface area contributed by atoms with E-state index in [1.165, 1.54) is 29.4 Å². The second-order valence-electron chi connectivity index (χ2n) is 5.42. The van der Waals surface area contributed by atoms with Gasteiger partial charge in [0.15, 0.2) is 0 Å². The van der Waals surface area contributed by atoms with Crippen molar-refractivity contribution >= 4 is 5.97 Å². The number of rotatable bonds is 1. The lowest BCUT2D eigenvalue weighted by atomic mass is 9.91. The molecule has 0 N–H and O–H groups in total. The van der Waals surface area contributed by atoms with Crippen LogP contribution in [0.1, 0.15) is 27.0 Å². The van der Waals surface area contributed by atoms with E-state index in [1.54, 1.807) is 6.07 Å². The fourth-order valence-electron chi connectivity index (χ4n) is 3.01. The Balaban J connectivity index is 2.25. The lowest BCUT2D eigenvalue weighted by Gasteiger charge is -2.13. The molecule has 0 spiro atoms. The van der Waals surface area contributed by atoms with Gasteiger partial charge in [-0.05, 0) is 48.7 Å². The molecule has 3 heteroatoms. The fraction of sp³-hybridized carbons (Fsp3) is 0.278. The van der Waals surface area contributed by atoms with Crippen LogP contribution in [0.3, 0.4) is 0 Å². The Morgan fingerprint density at radius 2 is 2.00 bits per heavy atom. The highest BCUT2D eigenvalue weighted by atomic mass is 16.5. The maximum Gasteiger partial charge on any atom is 0.337 e. The molecule has 0 fully saturated rings. The summed E-state index contributed by atoms with van der Waals surface area (Å²) in [6.07, 6.45) is 0.875. The van der Waals surface area contributed by atoms with Gasteiger partial charge in [0.25, 0.3) is 0 Å². The number of fused-ring (bicyclic) bond motifs is 3. The molecule has 3 rings (SSSR count).